The monoisotopic (exact) mass is 430 g/mol. The highest BCUT2D eigenvalue weighted by molar-refractivity contribution is 6.19. The van der Waals surface area contributed by atoms with Crippen LogP contribution in [0.3, 0.4) is 0 Å². The van der Waals surface area contributed by atoms with E-state index in [0.29, 0.717) is 25.1 Å². The molecule has 2 aliphatic rings. The average Bonchev–Trinajstić information content (AvgIpc) is 3.33. The first-order chi connectivity index (χ1) is 15.5. The third-order valence-corrected chi connectivity index (χ3v) is 6.37. The molecule has 0 spiro atoms. The van der Waals surface area contributed by atoms with E-state index in [2.05, 4.69) is 10.2 Å². The third-order valence-electron chi connectivity index (χ3n) is 6.37. The number of carbonyl (C=O) groups is 2. The maximum absolute atomic E-state index is 12.6. The highest BCUT2D eigenvalue weighted by atomic mass is 16.3. The lowest BCUT2D eigenvalue weighted by molar-refractivity contribution is -0.137. The fraction of sp³-hybridized carbons (Fsp3) is 0.360. The predicted molar refractivity (Wildman–Crippen MR) is 120 cm³/mol. The second-order valence-corrected chi connectivity index (χ2v) is 8.65. The number of aryl methyl sites for hydroxylation is 2. The topological polar surface area (TPSA) is 88.3 Å². The van der Waals surface area contributed by atoms with Crippen molar-refractivity contribution in [1.29, 1.82) is 0 Å². The zero-order valence-electron chi connectivity index (χ0n) is 18.2. The Morgan fingerprint density at radius 2 is 1.56 bits per heavy atom. The van der Waals surface area contributed by atoms with Crippen molar-refractivity contribution in [3.8, 4) is 11.4 Å². The summed E-state index contributed by atoms with van der Waals surface area (Å²) < 4.78 is 0. The number of hydrogen-bond donors (Lipinski definition) is 1. The minimum absolute atomic E-state index is 0.0952. The van der Waals surface area contributed by atoms with Crippen LogP contribution in [0.15, 0.2) is 47.5 Å². The smallest absolute Gasteiger partial charge is 0.257 e. The summed E-state index contributed by atoms with van der Waals surface area (Å²) in [6, 6.07) is 11.4. The molecule has 0 saturated carbocycles. The largest absolute Gasteiger partial charge is 0.505 e. The molecule has 7 nitrogen and oxygen atoms in total. The minimum Gasteiger partial charge on any atom is -0.505 e. The molecule has 1 aromatic heterocycles. The molecule has 0 fully saturated rings. The number of phenolic OH excluding ortho intramolecular Hbond substituents is 1. The molecule has 0 radical (unpaired) electrons. The molecule has 1 aliphatic carbocycles. The van der Waals surface area contributed by atoms with Crippen LogP contribution in [0.5, 0.6) is 5.75 Å². The second kappa shape index (κ2) is 8.22. The molecule has 1 aliphatic heterocycles. The first-order valence-corrected chi connectivity index (χ1v) is 11.3. The van der Waals surface area contributed by atoms with Gasteiger partial charge in [-0.3, -0.25) is 14.5 Å². The Balaban J connectivity index is 1.26. The molecular formula is C25H26N4O3. The van der Waals surface area contributed by atoms with Gasteiger partial charge in [-0.15, -0.1) is 15.0 Å². The van der Waals surface area contributed by atoms with Crippen molar-refractivity contribution >= 4 is 22.8 Å². The number of aromatic nitrogens is 3. The molecule has 0 bridgehead atoms. The van der Waals surface area contributed by atoms with Gasteiger partial charge in [-0.2, -0.15) is 0 Å². The van der Waals surface area contributed by atoms with Gasteiger partial charge in [0.25, 0.3) is 11.8 Å². The van der Waals surface area contributed by atoms with Gasteiger partial charge in [-0.05, 0) is 81.2 Å². The summed E-state index contributed by atoms with van der Waals surface area (Å²) in [6.45, 7) is 2.41. The van der Waals surface area contributed by atoms with E-state index < -0.39 is 0 Å². The molecule has 5 rings (SSSR count). The molecular weight excluding hydrogens is 404 g/mol. The SMILES string of the molecule is Cc1cc(CCCCN2C(=O)C3=C(CCCC3)C2=O)c(O)c(-n2nc3ccccc3n2)c1. The molecule has 7 heteroatoms. The van der Waals surface area contributed by atoms with Crippen molar-refractivity contribution in [2.24, 2.45) is 0 Å². The van der Waals surface area contributed by atoms with Gasteiger partial charge >= 0.3 is 0 Å². The fourth-order valence-corrected chi connectivity index (χ4v) is 4.73. The molecule has 0 saturated heterocycles. The van der Waals surface area contributed by atoms with Crippen LogP contribution >= 0.6 is 0 Å². The van der Waals surface area contributed by atoms with Crippen molar-refractivity contribution in [3.63, 3.8) is 0 Å². The van der Waals surface area contributed by atoms with Crippen LogP contribution in [0.2, 0.25) is 0 Å². The summed E-state index contributed by atoms with van der Waals surface area (Å²) in [7, 11) is 0. The maximum Gasteiger partial charge on any atom is 0.257 e. The zero-order valence-corrected chi connectivity index (χ0v) is 18.2. The second-order valence-electron chi connectivity index (χ2n) is 8.65. The van der Waals surface area contributed by atoms with E-state index in [1.54, 1.807) is 0 Å². The van der Waals surface area contributed by atoms with E-state index in [4.69, 9.17) is 0 Å². The predicted octanol–water partition coefficient (Wildman–Crippen LogP) is 4.00. The normalized spacial score (nSPS) is 16.3. The van der Waals surface area contributed by atoms with Gasteiger partial charge in [-0.1, -0.05) is 18.2 Å². The number of imide groups is 1. The number of nitrogens with zero attached hydrogens (tertiary/aromatic N) is 4. The van der Waals surface area contributed by atoms with Crippen LogP contribution in [0.1, 0.15) is 49.7 Å². The summed E-state index contributed by atoms with van der Waals surface area (Å²) in [5.74, 6) is -0.0224. The van der Waals surface area contributed by atoms with Crippen LogP contribution in [-0.4, -0.2) is 43.4 Å². The van der Waals surface area contributed by atoms with Crippen LogP contribution in [-0.2, 0) is 16.0 Å². The number of phenols is 1. The van der Waals surface area contributed by atoms with Crippen molar-refractivity contribution < 1.29 is 14.7 Å². The zero-order chi connectivity index (χ0) is 22.2. The molecule has 0 unspecified atom stereocenters. The molecule has 32 heavy (non-hydrogen) atoms. The van der Waals surface area contributed by atoms with Gasteiger partial charge in [-0.25, -0.2) is 0 Å². The van der Waals surface area contributed by atoms with Crippen LogP contribution in [0.4, 0.5) is 0 Å². The first-order valence-electron chi connectivity index (χ1n) is 11.3. The van der Waals surface area contributed by atoms with E-state index in [1.807, 2.05) is 43.3 Å². The Hall–Kier alpha value is -3.48. The summed E-state index contributed by atoms with van der Waals surface area (Å²) >= 11 is 0. The van der Waals surface area contributed by atoms with Gasteiger partial charge < -0.3 is 5.11 Å². The molecule has 0 atom stereocenters. The quantitative estimate of drug-likeness (QED) is 0.472. The van der Waals surface area contributed by atoms with E-state index in [0.717, 1.165) is 65.4 Å². The van der Waals surface area contributed by atoms with E-state index in [1.165, 1.54) is 9.70 Å². The van der Waals surface area contributed by atoms with E-state index in [-0.39, 0.29) is 17.6 Å². The van der Waals surface area contributed by atoms with Crippen molar-refractivity contribution in [2.75, 3.05) is 6.54 Å². The lowest BCUT2D eigenvalue weighted by Gasteiger charge is -2.15. The van der Waals surface area contributed by atoms with Gasteiger partial charge in [0, 0.05) is 17.7 Å². The maximum atomic E-state index is 12.6. The Kier molecular flexibility index (Phi) is 5.25. The molecule has 2 amide bonds. The number of rotatable bonds is 6. The number of unbranched alkanes of at least 4 members (excludes halogenated alkanes) is 1. The minimum atomic E-state index is -0.0952. The highest BCUT2D eigenvalue weighted by Crippen LogP contribution is 2.33. The standard InChI is InChI=1S/C25H26N4O3/c1-16-14-17(23(30)22(15-16)29-26-20-11-4-5-12-21(20)27-29)8-6-7-13-28-24(31)18-9-2-3-10-19(18)25(28)32/h4-5,11-12,14-15,30H,2-3,6-10,13H2,1H3. The van der Waals surface area contributed by atoms with Gasteiger partial charge in [0.15, 0.2) is 0 Å². The average molecular weight is 431 g/mol. The van der Waals surface area contributed by atoms with Crippen LogP contribution < -0.4 is 0 Å². The van der Waals surface area contributed by atoms with Gasteiger partial charge in [0.05, 0.1) is 0 Å². The number of carbonyl (C=O) groups excluding carboxylic acids is 2. The highest BCUT2D eigenvalue weighted by Gasteiger charge is 2.38. The van der Waals surface area contributed by atoms with Crippen molar-refractivity contribution in [1.82, 2.24) is 19.9 Å². The Morgan fingerprint density at radius 3 is 2.19 bits per heavy atom. The lowest BCUT2D eigenvalue weighted by atomic mass is 9.93. The third kappa shape index (κ3) is 3.57. The van der Waals surface area contributed by atoms with Crippen LogP contribution in [0, 0.1) is 6.92 Å². The number of amides is 2. The van der Waals surface area contributed by atoms with Crippen molar-refractivity contribution in [3.05, 3.63) is 58.7 Å². The lowest BCUT2D eigenvalue weighted by Crippen LogP contribution is -2.32. The Bertz CT molecular complexity index is 1200. The summed E-state index contributed by atoms with van der Waals surface area (Å²) in [5.41, 5.74) is 5.40. The molecule has 3 aromatic rings. The Morgan fingerprint density at radius 1 is 0.938 bits per heavy atom. The summed E-state index contributed by atoms with van der Waals surface area (Å²) in [6.07, 6.45) is 5.53. The molecule has 1 N–H and O–H groups in total. The summed E-state index contributed by atoms with van der Waals surface area (Å²) in [5, 5.41) is 19.9. The van der Waals surface area contributed by atoms with Gasteiger partial charge in [0.2, 0.25) is 0 Å². The molecule has 2 heterocycles. The number of benzene rings is 2. The fourth-order valence-electron chi connectivity index (χ4n) is 4.73. The van der Waals surface area contributed by atoms with Crippen molar-refractivity contribution in [2.45, 2.75) is 51.9 Å². The first kappa shape index (κ1) is 20.4. The van der Waals surface area contributed by atoms with Gasteiger partial charge in [0.1, 0.15) is 22.5 Å². The summed E-state index contributed by atoms with van der Waals surface area (Å²) in [4.78, 5) is 28.1. The van der Waals surface area contributed by atoms with Crippen LogP contribution in [0.25, 0.3) is 16.7 Å². The van der Waals surface area contributed by atoms with E-state index >= 15 is 0 Å². The number of fused-ring (bicyclic) bond motifs is 1. The number of aromatic hydroxyl groups is 1. The number of hydrogen-bond acceptors (Lipinski definition) is 5. The Labute approximate surface area is 186 Å². The van der Waals surface area contributed by atoms with E-state index in [9.17, 15) is 14.7 Å². The molecule has 2 aromatic carbocycles. The molecule has 164 valence electrons.